The van der Waals surface area contributed by atoms with Crippen LogP contribution in [0.3, 0.4) is 0 Å². The number of halogens is 2. The van der Waals surface area contributed by atoms with Crippen LogP contribution in [0.1, 0.15) is 17.0 Å². The lowest BCUT2D eigenvalue weighted by molar-refractivity contribution is 0.0513. The zero-order valence-electron chi connectivity index (χ0n) is 16.8. The van der Waals surface area contributed by atoms with Crippen molar-refractivity contribution in [1.82, 2.24) is 10.8 Å². The summed E-state index contributed by atoms with van der Waals surface area (Å²) in [6, 6.07) is 10.2. The van der Waals surface area contributed by atoms with E-state index in [4.69, 9.17) is 19.4 Å². The normalized spacial score (nSPS) is 17.7. The summed E-state index contributed by atoms with van der Waals surface area (Å²) in [5, 5.41) is 11.5. The summed E-state index contributed by atoms with van der Waals surface area (Å²) in [6.07, 6.45) is -0.785. The molecule has 3 rings (SSSR count). The molecule has 0 bridgehead atoms. The quantitative estimate of drug-likeness (QED) is 0.435. The monoisotopic (exact) mass is 435 g/mol. The number of hydroxylamine groups is 1. The highest BCUT2D eigenvalue weighted by Gasteiger charge is 2.38. The maximum Gasteiger partial charge on any atom is 0.408 e. The van der Waals surface area contributed by atoms with E-state index in [1.807, 2.05) is 18.2 Å². The Hall–Kier alpha value is -3.24. The summed E-state index contributed by atoms with van der Waals surface area (Å²) in [5.74, 6) is -2.30. The van der Waals surface area contributed by atoms with Crippen LogP contribution in [0.4, 0.5) is 13.6 Å². The molecule has 3 N–H and O–H groups in total. The van der Waals surface area contributed by atoms with Crippen molar-refractivity contribution in [3.63, 3.8) is 0 Å². The van der Waals surface area contributed by atoms with Gasteiger partial charge >= 0.3 is 6.09 Å². The third-order valence-corrected chi connectivity index (χ3v) is 4.67. The number of nitrogens with zero attached hydrogens (tertiary/aromatic N) is 1. The molecule has 2 atom stereocenters. The number of ether oxygens (including phenoxy) is 2. The molecule has 0 radical (unpaired) electrons. The van der Waals surface area contributed by atoms with Crippen LogP contribution in [0.2, 0.25) is 0 Å². The van der Waals surface area contributed by atoms with Crippen LogP contribution >= 0.6 is 0 Å². The number of carbonyl (C=O) groups excluding carboxylic acids is 1. The second-order valence-electron chi connectivity index (χ2n) is 6.70. The Morgan fingerprint density at radius 3 is 2.58 bits per heavy atom. The molecule has 10 heteroatoms. The van der Waals surface area contributed by atoms with E-state index in [0.717, 1.165) is 17.7 Å². The van der Waals surface area contributed by atoms with Crippen LogP contribution in [0.5, 0.6) is 5.75 Å². The number of nitrogens with one attached hydrogen (secondary N) is 2. The summed E-state index contributed by atoms with van der Waals surface area (Å²) < 4.78 is 39.4. The van der Waals surface area contributed by atoms with Crippen LogP contribution in [0.25, 0.3) is 0 Å². The van der Waals surface area contributed by atoms with Gasteiger partial charge in [0.05, 0.1) is 26.9 Å². The molecule has 0 fully saturated rings. The van der Waals surface area contributed by atoms with Crippen molar-refractivity contribution in [2.24, 2.45) is 4.99 Å². The standard InChI is InChI=1S/C21H23F2N3O5/c1-29-14-9-16(22)18(17(23)10-14)15-11-24-20(26-31-8-7-27)19(15)25-21(28)30-12-13-5-3-2-4-6-13/h2-6,9-10,15,19,27H,7-8,11-12H2,1H3,(H,24,26)(H,25,28)/t15-,19-/m0/s1. The first-order valence-electron chi connectivity index (χ1n) is 9.56. The Morgan fingerprint density at radius 1 is 1.23 bits per heavy atom. The van der Waals surface area contributed by atoms with Crippen molar-refractivity contribution < 1.29 is 33.0 Å². The molecule has 2 aromatic carbocycles. The van der Waals surface area contributed by atoms with Crippen molar-refractivity contribution in [1.29, 1.82) is 0 Å². The number of aliphatic hydroxyl groups is 1. The van der Waals surface area contributed by atoms with E-state index in [-0.39, 0.29) is 43.5 Å². The number of benzene rings is 2. The summed E-state index contributed by atoms with van der Waals surface area (Å²) in [5.41, 5.74) is 3.07. The van der Waals surface area contributed by atoms with Crippen LogP contribution in [0.15, 0.2) is 47.5 Å². The van der Waals surface area contributed by atoms with E-state index < -0.39 is 29.7 Å². The highest BCUT2D eigenvalue weighted by atomic mass is 19.1. The summed E-state index contributed by atoms with van der Waals surface area (Å²) in [6.45, 7) is -0.270. The van der Waals surface area contributed by atoms with Crippen molar-refractivity contribution in [2.75, 3.05) is 26.9 Å². The summed E-state index contributed by atoms with van der Waals surface area (Å²) in [4.78, 5) is 21.7. The number of amidine groups is 1. The van der Waals surface area contributed by atoms with E-state index in [1.165, 1.54) is 7.11 Å². The van der Waals surface area contributed by atoms with Gasteiger partial charge in [0, 0.05) is 23.6 Å². The molecule has 166 valence electrons. The van der Waals surface area contributed by atoms with Gasteiger partial charge in [0.25, 0.3) is 0 Å². The molecule has 1 heterocycles. The van der Waals surface area contributed by atoms with E-state index >= 15 is 0 Å². The third kappa shape index (κ3) is 5.68. The molecule has 1 aliphatic rings. The Bertz CT molecular complexity index is 903. The molecular formula is C21H23F2N3O5. The minimum absolute atomic E-state index is 0.00534. The van der Waals surface area contributed by atoms with Gasteiger partial charge in [0.15, 0.2) is 0 Å². The summed E-state index contributed by atoms with van der Waals surface area (Å²) >= 11 is 0. The molecule has 8 nitrogen and oxygen atoms in total. The Kier molecular flexibility index (Phi) is 7.74. The zero-order chi connectivity index (χ0) is 22.2. The maximum absolute atomic E-state index is 14.7. The number of hydrogen-bond acceptors (Lipinski definition) is 7. The Labute approximate surface area is 177 Å². The second-order valence-corrected chi connectivity index (χ2v) is 6.70. The summed E-state index contributed by atoms with van der Waals surface area (Å²) in [7, 11) is 1.31. The fourth-order valence-electron chi connectivity index (χ4n) is 3.21. The van der Waals surface area contributed by atoms with E-state index in [2.05, 4.69) is 15.8 Å². The number of alkyl carbamates (subject to hydrolysis) is 1. The average Bonchev–Trinajstić information content (AvgIpc) is 3.14. The predicted molar refractivity (Wildman–Crippen MR) is 108 cm³/mol. The number of rotatable bonds is 8. The first-order valence-corrected chi connectivity index (χ1v) is 9.56. The maximum atomic E-state index is 14.7. The van der Waals surface area contributed by atoms with Crippen molar-refractivity contribution in [2.45, 2.75) is 18.6 Å². The number of aliphatic hydroxyl groups excluding tert-OH is 1. The van der Waals surface area contributed by atoms with Gasteiger partial charge in [-0.2, -0.15) is 0 Å². The molecule has 31 heavy (non-hydrogen) atoms. The SMILES string of the molecule is COc1cc(F)c([C@@H]2CN=C(NOCCO)[C@H]2NC(=O)OCc2ccccc2)c(F)c1. The number of aliphatic imine (C=N–C) groups is 1. The number of hydrogen-bond donors (Lipinski definition) is 3. The molecule has 1 aliphatic heterocycles. The van der Waals surface area contributed by atoms with E-state index in [1.54, 1.807) is 12.1 Å². The van der Waals surface area contributed by atoms with Gasteiger partial charge < -0.3 is 19.9 Å². The van der Waals surface area contributed by atoms with E-state index in [0.29, 0.717) is 0 Å². The Balaban J connectivity index is 1.76. The molecule has 0 aliphatic carbocycles. The van der Waals surface area contributed by atoms with Crippen molar-refractivity contribution in [3.05, 3.63) is 65.2 Å². The van der Waals surface area contributed by atoms with Gasteiger partial charge in [-0.25, -0.2) is 13.6 Å². The minimum Gasteiger partial charge on any atom is -0.497 e. The molecule has 1 amide bonds. The molecule has 0 unspecified atom stereocenters. The van der Waals surface area contributed by atoms with E-state index in [9.17, 15) is 13.6 Å². The molecular weight excluding hydrogens is 412 g/mol. The van der Waals surface area contributed by atoms with Crippen LogP contribution in [-0.4, -0.2) is 49.9 Å². The van der Waals surface area contributed by atoms with Gasteiger partial charge in [-0.1, -0.05) is 30.3 Å². The van der Waals surface area contributed by atoms with Crippen molar-refractivity contribution >= 4 is 11.9 Å². The Morgan fingerprint density at radius 2 is 1.94 bits per heavy atom. The molecule has 0 aromatic heterocycles. The first-order chi connectivity index (χ1) is 15.0. The molecule has 0 saturated heterocycles. The second kappa shape index (κ2) is 10.7. The first kappa shape index (κ1) is 22.4. The average molecular weight is 435 g/mol. The van der Waals surface area contributed by atoms with Gasteiger partial charge in [0.2, 0.25) is 0 Å². The lowest BCUT2D eigenvalue weighted by Crippen LogP contribution is -2.48. The minimum atomic E-state index is -0.945. The smallest absolute Gasteiger partial charge is 0.408 e. The van der Waals surface area contributed by atoms with Gasteiger partial charge in [-0.3, -0.25) is 15.3 Å². The predicted octanol–water partition coefficient (Wildman–Crippen LogP) is 2.28. The fourth-order valence-corrected chi connectivity index (χ4v) is 3.21. The van der Waals surface area contributed by atoms with Gasteiger partial charge in [-0.05, 0) is 5.56 Å². The van der Waals surface area contributed by atoms with Crippen molar-refractivity contribution in [3.8, 4) is 5.75 Å². The lowest BCUT2D eigenvalue weighted by atomic mass is 9.92. The zero-order valence-corrected chi connectivity index (χ0v) is 16.8. The topological polar surface area (TPSA) is 101 Å². The molecule has 0 saturated carbocycles. The number of amides is 1. The molecule has 2 aromatic rings. The van der Waals surface area contributed by atoms with Crippen LogP contribution in [0, 0.1) is 11.6 Å². The van der Waals surface area contributed by atoms with Gasteiger partial charge in [-0.15, -0.1) is 0 Å². The number of methoxy groups -OCH3 is 1. The fraction of sp³-hybridized carbons (Fsp3) is 0.333. The van der Waals surface area contributed by atoms with Gasteiger partial charge in [0.1, 0.15) is 35.9 Å². The third-order valence-electron chi connectivity index (χ3n) is 4.67. The highest BCUT2D eigenvalue weighted by Crippen LogP contribution is 2.32. The number of carbonyl (C=O) groups is 1. The highest BCUT2D eigenvalue weighted by molar-refractivity contribution is 5.92. The van der Waals surface area contributed by atoms with Crippen LogP contribution < -0.4 is 15.5 Å². The van der Waals surface area contributed by atoms with Crippen LogP contribution in [-0.2, 0) is 16.2 Å². The molecule has 0 spiro atoms. The largest absolute Gasteiger partial charge is 0.497 e. The lowest BCUT2D eigenvalue weighted by Gasteiger charge is -2.23.